The van der Waals surface area contributed by atoms with Crippen LogP contribution in [0.15, 0.2) is 35.9 Å². The highest BCUT2D eigenvalue weighted by Gasteiger charge is 2.68. The molecule has 4 aliphatic rings. The van der Waals surface area contributed by atoms with Gasteiger partial charge in [0.2, 0.25) is 0 Å². The van der Waals surface area contributed by atoms with Crippen LogP contribution in [0.5, 0.6) is 0 Å². The molecule has 7 heteroatoms. The zero-order valence-corrected chi connectivity index (χ0v) is 20.5. The van der Waals surface area contributed by atoms with Crippen molar-refractivity contribution in [1.82, 2.24) is 15.3 Å². The van der Waals surface area contributed by atoms with E-state index < -0.39 is 17.1 Å². The number of hydrogen-bond acceptors (Lipinski definition) is 5. The molecule has 6 unspecified atom stereocenters. The molecule has 2 aromatic rings. The number of nitrogens with one attached hydrogen (secondary N) is 2. The number of aromatic nitrogens is 2. The molecule has 0 bridgehead atoms. The fourth-order valence-corrected chi connectivity index (χ4v) is 8.46. The fourth-order valence-electron chi connectivity index (χ4n) is 8.46. The van der Waals surface area contributed by atoms with Crippen molar-refractivity contribution in [3.8, 4) is 0 Å². The zero-order valence-electron chi connectivity index (χ0n) is 20.5. The Labute approximate surface area is 205 Å². The molecule has 7 atom stereocenters. The number of carbonyl (C=O) groups excluding carboxylic acids is 2. The van der Waals surface area contributed by atoms with Crippen LogP contribution in [-0.2, 0) is 16.1 Å². The number of allylic oxidation sites excluding steroid dienone is 1. The molecule has 4 aliphatic carbocycles. The van der Waals surface area contributed by atoms with Gasteiger partial charge in [-0.05, 0) is 79.9 Å². The molecule has 3 fully saturated rings. The Balaban J connectivity index is 1.24. The third-order valence-electron chi connectivity index (χ3n) is 10.3. The number of carbonyl (C=O) groups is 2. The maximum absolute atomic E-state index is 13.5. The third kappa shape index (κ3) is 3.20. The molecule has 1 aromatic heterocycles. The van der Waals surface area contributed by atoms with Gasteiger partial charge in [-0.25, -0.2) is 4.98 Å². The van der Waals surface area contributed by atoms with Crippen molar-refractivity contribution in [3.63, 3.8) is 0 Å². The van der Waals surface area contributed by atoms with Crippen LogP contribution in [0.4, 0.5) is 0 Å². The molecule has 1 aromatic carbocycles. The lowest BCUT2D eigenvalue weighted by molar-refractivity contribution is -0.182. The number of benzene rings is 1. The number of nitrogens with zero attached hydrogens (tertiary/aromatic N) is 1. The van der Waals surface area contributed by atoms with E-state index in [1.54, 1.807) is 0 Å². The van der Waals surface area contributed by atoms with Gasteiger partial charge in [0.15, 0.2) is 5.78 Å². The van der Waals surface area contributed by atoms with Crippen LogP contribution in [0.25, 0.3) is 11.0 Å². The molecule has 3 saturated carbocycles. The van der Waals surface area contributed by atoms with Crippen molar-refractivity contribution < 1.29 is 19.8 Å². The number of amides is 1. The molecule has 1 heterocycles. The number of aliphatic hydroxyl groups is 2. The average molecular weight is 478 g/mol. The number of hydrogen-bond donors (Lipinski definition) is 4. The normalized spacial score (nSPS) is 40.6. The van der Waals surface area contributed by atoms with Crippen LogP contribution < -0.4 is 5.32 Å². The molecule has 7 nitrogen and oxygen atoms in total. The molecule has 186 valence electrons. The number of imidazole rings is 1. The summed E-state index contributed by atoms with van der Waals surface area (Å²) in [6.07, 6.45) is 5.85. The van der Waals surface area contributed by atoms with Crippen LogP contribution in [0.2, 0.25) is 0 Å². The lowest BCUT2D eigenvalue weighted by Crippen LogP contribution is -2.63. The molecule has 0 spiro atoms. The van der Waals surface area contributed by atoms with E-state index in [-0.39, 0.29) is 41.4 Å². The first-order valence-electron chi connectivity index (χ1n) is 13.0. The van der Waals surface area contributed by atoms with Crippen molar-refractivity contribution in [3.05, 3.63) is 41.7 Å². The second-order valence-electron chi connectivity index (χ2n) is 11.9. The second kappa shape index (κ2) is 7.74. The van der Waals surface area contributed by atoms with Gasteiger partial charge in [-0.15, -0.1) is 0 Å². The minimum Gasteiger partial charge on any atom is -0.393 e. The maximum Gasteiger partial charge on any atom is 0.252 e. The lowest BCUT2D eigenvalue weighted by Gasteiger charge is -2.60. The summed E-state index contributed by atoms with van der Waals surface area (Å²) >= 11 is 0. The summed E-state index contributed by atoms with van der Waals surface area (Å²) in [5.74, 6) is 0.930. The van der Waals surface area contributed by atoms with Crippen molar-refractivity contribution >= 4 is 22.7 Å². The van der Waals surface area contributed by atoms with Crippen LogP contribution >= 0.6 is 0 Å². The molecule has 0 saturated heterocycles. The van der Waals surface area contributed by atoms with E-state index in [0.29, 0.717) is 25.1 Å². The van der Waals surface area contributed by atoms with E-state index >= 15 is 0 Å². The first-order valence-corrected chi connectivity index (χ1v) is 13.0. The second-order valence-corrected chi connectivity index (χ2v) is 11.9. The number of H-pyrrole nitrogens is 1. The Morgan fingerprint density at radius 1 is 1.20 bits per heavy atom. The van der Waals surface area contributed by atoms with Gasteiger partial charge in [0.25, 0.3) is 5.91 Å². The smallest absolute Gasteiger partial charge is 0.252 e. The fraction of sp³-hybridized carbons (Fsp3) is 0.607. The minimum atomic E-state index is -1.53. The number of ketones is 1. The van der Waals surface area contributed by atoms with Gasteiger partial charge >= 0.3 is 0 Å². The molecule has 0 aliphatic heterocycles. The van der Waals surface area contributed by atoms with E-state index in [0.717, 1.165) is 36.7 Å². The van der Waals surface area contributed by atoms with E-state index in [2.05, 4.69) is 22.2 Å². The Morgan fingerprint density at radius 3 is 2.80 bits per heavy atom. The Kier molecular flexibility index (Phi) is 5.07. The Bertz CT molecular complexity index is 1200. The molecule has 6 rings (SSSR count). The highest BCUT2D eigenvalue weighted by Crippen LogP contribution is 2.67. The summed E-state index contributed by atoms with van der Waals surface area (Å²) in [5.41, 5.74) is 0.529. The summed E-state index contributed by atoms with van der Waals surface area (Å²) in [6, 6.07) is 7.71. The molecule has 35 heavy (non-hydrogen) atoms. The summed E-state index contributed by atoms with van der Waals surface area (Å²) in [4.78, 5) is 33.3. The van der Waals surface area contributed by atoms with Gasteiger partial charge in [-0.1, -0.05) is 31.6 Å². The zero-order chi connectivity index (χ0) is 24.6. The number of aromatic amines is 1. The lowest BCUT2D eigenvalue weighted by atomic mass is 9.45. The van der Waals surface area contributed by atoms with Gasteiger partial charge in [-0.3, -0.25) is 9.59 Å². The molecule has 1 amide bonds. The van der Waals surface area contributed by atoms with E-state index in [9.17, 15) is 19.8 Å². The van der Waals surface area contributed by atoms with Crippen LogP contribution in [0, 0.1) is 28.6 Å². The SMILES string of the molecule is CC12CCC(=O)C=C1CCC1C2C(O)CC2(C)C1CC[C@]2(O)C(=O)NCc1nc2ccccc2[nH]1. The highest BCUT2D eigenvalue weighted by molar-refractivity contribution is 5.91. The van der Waals surface area contributed by atoms with Gasteiger partial charge in [0.05, 0.1) is 23.7 Å². The predicted molar refractivity (Wildman–Crippen MR) is 131 cm³/mol. The quantitative estimate of drug-likeness (QED) is 0.541. The monoisotopic (exact) mass is 477 g/mol. The van der Waals surface area contributed by atoms with E-state index in [1.807, 2.05) is 37.3 Å². The number of para-hydroxylation sites is 2. The molecule has 0 radical (unpaired) electrons. The predicted octanol–water partition coefficient (Wildman–Crippen LogP) is 3.41. The number of aliphatic hydroxyl groups excluding tert-OH is 1. The highest BCUT2D eigenvalue weighted by atomic mass is 16.3. The minimum absolute atomic E-state index is 0.0645. The molecular formula is C28H35N3O4. The van der Waals surface area contributed by atoms with Crippen LogP contribution in [0.1, 0.15) is 64.6 Å². The Hall–Kier alpha value is -2.51. The van der Waals surface area contributed by atoms with Crippen molar-refractivity contribution in [2.75, 3.05) is 0 Å². The summed E-state index contributed by atoms with van der Waals surface area (Å²) < 4.78 is 0. The summed E-state index contributed by atoms with van der Waals surface area (Å²) in [6.45, 7) is 4.43. The van der Waals surface area contributed by atoms with E-state index in [4.69, 9.17) is 0 Å². The molecule has 4 N–H and O–H groups in total. The Morgan fingerprint density at radius 2 is 2.00 bits per heavy atom. The number of fused-ring (bicyclic) bond motifs is 6. The molecular weight excluding hydrogens is 442 g/mol. The summed E-state index contributed by atoms with van der Waals surface area (Å²) in [7, 11) is 0. The number of rotatable bonds is 3. The maximum atomic E-state index is 13.5. The topological polar surface area (TPSA) is 115 Å². The van der Waals surface area contributed by atoms with Crippen LogP contribution in [-0.4, -0.2) is 43.6 Å². The van der Waals surface area contributed by atoms with Gasteiger partial charge in [-0.2, -0.15) is 0 Å². The first-order chi connectivity index (χ1) is 16.7. The van der Waals surface area contributed by atoms with Gasteiger partial charge in [0.1, 0.15) is 11.4 Å². The van der Waals surface area contributed by atoms with Crippen molar-refractivity contribution in [2.45, 2.75) is 77.0 Å². The average Bonchev–Trinajstić information content (AvgIpc) is 3.36. The van der Waals surface area contributed by atoms with Crippen molar-refractivity contribution in [1.29, 1.82) is 0 Å². The summed E-state index contributed by atoms with van der Waals surface area (Å²) in [5, 5.41) is 26.3. The third-order valence-corrected chi connectivity index (χ3v) is 10.3. The first kappa shape index (κ1) is 22.9. The standard InChI is InChI=1S/C28H35N3O4/c1-26-11-9-17(32)13-16(26)7-8-18-19-10-12-28(35,27(19,2)14-22(33)24(18)26)25(34)29-15-23-30-20-5-3-4-6-21(20)31-23/h3-6,13,18-19,22,24,33,35H,7-12,14-15H2,1-2H3,(H,29,34)(H,30,31)/t18?,19?,22?,24?,26?,27?,28-/m0/s1. The van der Waals surface area contributed by atoms with E-state index in [1.165, 1.54) is 5.57 Å². The largest absolute Gasteiger partial charge is 0.393 e. The van der Waals surface area contributed by atoms with Gasteiger partial charge < -0.3 is 20.5 Å². The van der Waals surface area contributed by atoms with Crippen LogP contribution in [0.3, 0.4) is 0 Å². The van der Waals surface area contributed by atoms with Gasteiger partial charge in [0, 0.05) is 11.8 Å². The van der Waals surface area contributed by atoms with Crippen molar-refractivity contribution in [2.24, 2.45) is 28.6 Å².